The third kappa shape index (κ3) is 4.86. The van der Waals surface area contributed by atoms with Gasteiger partial charge in [-0.1, -0.05) is 18.2 Å². The molecule has 0 heterocycles. The summed E-state index contributed by atoms with van der Waals surface area (Å²) in [5.74, 6) is -1.04. The van der Waals surface area contributed by atoms with Gasteiger partial charge in [0.05, 0.1) is 16.1 Å². The van der Waals surface area contributed by atoms with E-state index in [9.17, 15) is 17.6 Å². The number of halogens is 1. The molecule has 0 saturated carbocycles. The van der Waals surface area contributed by atoms with Crippen LogP contribution < -0.4 is 9.46 Å². The molecule has 8 heteroatoms. The van der Waals surface area contributed by atoms with E-state index in [-0.39, 0.29) is 22.9 Å². The van der Waals surface area contributed by atoms with Crippen molar-refractivity contribution in [2.75, 3.05) is 4.72 Å². The first-order valence-corrected chi connectivity index (χ1v) is 9.65. The van der Waals surface area contributed by atoms with Crippen LogP contribution in [-0.2, 0) is 16.6 Å². The van der Waals surface area contributed by atoms with Crippen molar-refractivity contribution in [1.82, 2.24) is 0 Å². The topological polar surface area (TPSA) is 92.7 Å². The number of aromatic carboxylic acids is 1. The summed E-state index contributed by atoms with van der Waals surface area (Å²) in [7, 11) is -3.88. The van der Waals surface area contributed by atoms with Gasteiger partial charge < -0.3 is 9.84 Å². The SMILES string of the molecule is O=C(O)c1ccc(S(=O)(=O)Nc2cccc(OCc3ccc(F)cc3)c2)cc1. The fourth-order valence-corrected chi connectivity index (χ4v) is 3.44. The van der Waals surface area contributed by atoms with Crippen LogP contribution in [0.25, 0.3) is 0 Å². The Bertz CT molecular complexity index is 1080. The average Bonchev–Trinajstić information content (AvgIpc) is 2.67. The molecule has 0 unspecified atom stereocenters. The molecule has 0 aromatic heterocycles. The molecule has 0 aliphatic rings. The second-order valence-electron chi connectivity index (χ2n) is 5.88. The maximum atomic E-state index is 12.9. The molecule has 144 valence electrons. The maximum absolute atomic E-state index is 12.9. The van der Waals surface area contributed by atoms with E-state index in [2.05, 4.69) is 4.72 Å². The molecule has 0 atom stereocenters. The summed E-state index contributed by atoms with van der Waals surface area (Å²) < 4.78 is 45.9. The molecule has 0 radical (unpaired) electrons. The van der Waals surface area contributed by atoms with Crippen molar-refractivity contribution in [2.45, 2.75) is 11.5 Å². The van der Waals surface area contributed by atoms with E-state index in [0.717, 1.165) is 5.56 Å². The Hall–Kier alpha value is -3.39. The van der Waals surface area contributed by atoms with Gasteiger partial charge in [-0.25, -0.2) is 17.6 Å². The van der Waals surface area contributed by atoms with Crippen molar-refractivity contribution in [2.24, 2.45) is 0 Å². The molecule has 28 heavy (non-hydrogen) atoms. The number of carboxylic acids is 1. The van der Waals surface area contributed by atoms with Gasteiger partial charge in [0.25, 0.3) is 10.0 Å². The summed E-state index contributed by atoms with van der Waals surface area (Å²) in [5, 5.41) is 8.89. The third-order valence-electron chi connectivity index (χ3n) is 3.82. The lowest BCUT2D eigenvalue weighted by Crippen LogP contribution is -2.13. The van der Waals surface area contributed by atoms with E-state index in [0.29, 0.717) is 11.4 Å². The van der Waals surface area contributed by atoms with Crippen LogP contribution in [0.1, 0.15) is 15.9 Å². The second kappa shape index (κ2) is 8.10. The van der Waals surface area contributed by atoms with Gasteiger partial charge in [0.15, 0.2) is 0 Å². The number of carboxylic acid groups (broad SMARTS) is 1. The number of nitrogens with one attached hydrogen (secondary N) is 1. The molecule has 0 aliphatic heterocycles. The van der Waals surface area contributed by atoms with Gasteiger partial charge in [-0.3, -0.25) is 4.72 Å². The number of carbonyl (C=O) groups is 1. The molecule has 6 nitrogen and oxygen atoms in total. The van der Waals surface area contributed by atoms with Gasteiger partial charge >= 0.3 is 5.97 Å². The summed E-state index contributed by atoms with van der Waals surface area (Å²) in [4.78, 5) is 10.8. The number of hydrogen-bond donors (Lipinski definition) is 2. The average molecular weight is 401 g/mol. The Morgan fingerprint density at radius 1 is 1.00 bits per heavy atom. The lowest BCUT2D eigenvalue weighted by atomic mass is 10.2. The minimum absolute atomic E-state index is 0.00450. The molecule has 3 aromatic carbocycles. The van der Waals surface area contributed by atoms with E-state index < -0.39 is 16.0 Å². The molecule has 2 N–H and O–H groups in total. The lowest BCUT2D eigenvalue weighted by molar-refractivity contribution is 0.0696. The van der Waals surface area contributed by atoms with Crippen LogP contribution in [-0.4, -0.2) is 19.5 Å². The van der Waals surface area contributed by atoms with Gasteiger partial charge in [0.2, 0.25) is 0 Å². The smallest absolute Gasteiger partial charge is 0.335 e. The monoisotopic (exact) mass is 401 g/mol. The summed E-state index contributed by atoms with van der Waals surface area (Å²) in [6.07, 6.45) is 0. The third-order valence-corrected chi connectivity index (χ3v) is 5.21. The Labute approximate surface area is 161 Å². The molecule has 3 aromatic rings. The molecular formula is C20H16FNO5S. The molecule has 0 saturated heterocycles. The zero-order valence-corrected chi connectivity index (χ0v) is 15.3. The highest BCUT2D eigenvalue weighted by atomic mass is 32.2. The Morgan fingerprint density at radius 3 is 2.32 bits per heavy atom. The Morgan fingerprint density at radius 2 is 1.68 bits per heavy atom. The van der Waals surface area contributed by atoms with Crippen LogP contribution in [0.4, 0.5) is 10.1 Å². The second-order valence-corrected chi connectivity index (χ2v) is 7.56. The highest BCUT2D eigenvalue weighted by molar-refractivity contribution is 7.92. The van der Waals surface area contributed by atoms with E-state index in [1.54, 1.807) is 30.3 Å². The van der Waals surface area contributed by atoms with Crippen molar-refractivity contribution in [3.05, 3.63) is 89.7 Å². The summed E-state index contributed by atoms with van der Waals surface area (Å²) in [5.41, 5.74) is 1.06. The molecule has 0 spiro atoms. The number of anilines is 1. The molecule has 3 rings (SSSR count). The lowest BCUT2D eigenvalue weighted by Gasteiger charge is -2.11. The molecular weight excluding hydrogens is 385 g/mol. The Kier molecular flexibility index (Phi) is 5.60. The summed E-state index contributed by atoms with van der Waals surface area (Å²) >= 11 is 0. The quantitative estimate of drug-likeness (QED) is 0.626. The largest absolute Gasteiger partial charge is 0.489 e. The highest BCUT2D eigenvalue weighted by Crippen LogP contribution is 2.22. The van der Waals surface area contributed by atoms with E-state index >= 15 is 0 Å². The van der Waals surface area contributed by atoms with Crippen LogP contribution in [0.15, 0.2) is 77.7 Å². The van der Waals surface area contributed by atoms with Crippen LogP contribution in [0, 0.1) is 5.82 Å². The van der Waals surface area contributed by atoms with Gasteiger partial charge in [-0.2, -0.15) is 0 Å². The predicted octanol–water partition coefficient (Wildman–Crippen LogP) is 3.90. The van der Waals surface area contributed by atoms with Crippen molar-refractivity contribution in [1.29, 1.82) is 0 Å². The van der Waals surface area contributed by atoms with E-state index in [1.807, 2.05) is 0 Å². The minimum atomic E-state index is -3.88. The van der Waals surface area contributed by atoms with Gasteiger partial charge in [0.1, 0.15) is 18.2 Å². The van der Waals surface area contributed by atoms with Crippen LogP contribution in [0.5, 0.6) is 5.75 Å². The first-order valence-electron chi connectivity index (χ1n) is 8.17. The van der Waals surface area contributed by atoms with E-state index in [1.165, 1.54) is 42.5 Å². The van der Waals surface area contributed by atoms with Crippen LogP contribution in [0.3, 0.4) is 0 Å². The van der Waals surface area contributed by atoms with E-state index in [4.69, 9.17) is 9.84 Å². The van der Waals surface area contributed by atoms with Gasteiger partial charge in [-0.15, -0.1) is 0 Å². The fraction of sp³-hybridized carbons (Fsp3) is 0.0500. The molecule has 0 bridgehead atoms. The maximum Gasteiger partial charge on any atom is 0.335 e. The summed E-state index contributed by atoms with van der Waals surface area (Å²) in [6.45, 7) is 0.202. The number of sulfonamides is 1. The molecule has 0 amide bonds. The van der Waals surface area contributed by atoms with Crippen LogP contribution >= 0.6 is 0 Å². The Balaban J connectivity index is 1.70. The van der Waals surface area contributed by atoms with Gasteiger partial charge in [-0.05, 0) is 54.1 Å². The number of ether oxygens (including phenoxy) is 1. The van der Waals surface area contributed by atoms with Crippen molar-refractivity contribution in [3.8, 4) is 5.75 Å². The number of benzene rings is 3. The van der Waals surface area contributed by atoms with Crippen molar-refractivity contribution < 1.29 is 27.4 Å². The first-order chi connectivity index (χ1) is 13.3. The number of hydrogen-bond acceptors (Lipinski definition) is 4. The van der Waals surface area contributed by atoms with Gasteiger partial charge in [0, 0.05) is 6.07 Å². The van der Waals surface area contributed by atoms with Crippen LogP contribution in [0.2, 0.25) is 0 Å². The zero-order chi connectivity index (χ0) is 20.1. The van der Waals surface area contributed by atoms with Crippen molar-refractivity contribution in [3.63, 3.8) is 0 Å². The number of rotatable bonds is 7. The zero-order valence-electron chi connectivity index (χ0n) is 14.5. The normalized spacial score (nSPS) is 11.0. The predicted molar refractivity (Wildman–Crippen MR) is 101 cm³/mol. The molecule has 0 aliphatic carbocycles. The highest BCUT2D eigenvalue weighted by Gasteiger charge is 2.15. The molecule has 0 fully saturated rings. The first kappa shape index (κ1) is 19.4. The fourth-order valence-electron chi connectivity index (χ4n) is 2.39. The summed E-state index contributed by atoms with van der Waals surface area (Å²) in [6, 6.07) is 17.1. The minimum Gasteiger partial charge on any atom is -0.489 e. The standard InChI is InChI=1S/C20H16FNO5S/c21-16-8-4-14(5-9-16)13-27-18-3-1-2-17(12-18)22-28(25,26)19-10-6-15(7-11-19)20(23)24/h1-12,22H,13H2,(H,23,24). The van der Waals surface area contributed by atoms with Crippen molar-refractivity contribution >= 4 is 21.7 Å².